The van der Waals surface area contributed by atoms with Crippen molar-refractivity contribution in [2.24, 2.45) is 4.99 Å². The van der Waals surface area contributed by atoms with E-state index in [0.29, 0.717) is 35.3 Å². The molecule has 2 heterocycles. The molecule has 0 bridgehead atoms. The van der Waals surface area contributed by atoms with Crippen molar-refractivity contribution in [3.05, 3.63) is 90.6 Å². The summed E-state index contributed by atoms with van der Waals surface area (Å²) in [6, 6.07) is 24.8. The number of amides is 2. The average molecular weight is 499 g/mol. The first kappa shape index (κ1) is 23.7. The number of aliphatic imine (C=N–C) groups is 1. The van der Waals surface area contributed by atoms with Crippen LogP contribution in [0.5, 0.6) is 5.75 Å². The van der Waals surface area contributed by atoms with Crippen LogP contribution in [-0.4, -0.2) is 45.8 Å². The number of aromatic nitrogens is 1. The number of ether oxygens (including phenoxy) is 1. The maximum atomic E-state index is 13.5. The van der Waals surface area contributed by atoms with E-state index in [9.17, 15) is 9.59 Å². The Morgan fingerprint density at radius 3 is 2.64 bits per heavy atom. The zero-order chi connectivity index (χ0) is 24.9. The number of carbonyl (C=O) groups is 2. The first-order chi connectivity index (χ1) is 17.6. The summed E-state index contributed by atoms with van der Waals surface area (Å²) >= 11 is 1.32. The number of nitrogens with one attached hydrogen (secondary N) is 2. The molecule has 0 unspecified atom stereocenters. The lowest BCUT2D eigenvalue weighted by Crippen LogP contribution is -2.35. The molecule has 1 saturated heterocycles. The predicted octanol–water partition coefficient (Wildman–Crippen LogP) is 5.38. The molecular formula is C28H26N4O3S. The van der Waals surface area contributed by atoms with Gasteiger partial charge in [0.05, 0.1) is 7.11 Å². The number of benzene rings is 3. The van der Waals surface area contributed by atoms with Crippen molar-refractivity contribution in [1.82, 2.24) is 9.88 Å². The van der Waals surface area contributed by atoms with E-state index in [1.807, 2.05) is 79.0 Å². The lowest BCUT2D eigenvalue weighted by atomic mass is 10.1. The van der Waals surface area contributed by atoms with Crippen LogP contribution in [-0.2, 0) is 16.0 Å². The number of anilines is 1. The molecule has 8 heteroatoms. The molecule has 4 aromatic rings. The van der Waals surface area contributed by atoms with Crippen molar-refractivity contribution in [2.75, 3.05) is 19.0 Å². The number of aromatic amines is 1. The quantitative estimate of drug-likeness (QED) is 0.342. The maximum Gasteiger partial charge on any atom is 0.242 e. The van der Waals surface area contributed by atoms with E-state index in [1.165, 1.54) is 11.8 Å². The molecule has 0 spiro atoms. The number of amidine groups is 1. The van der Waals surface area contributed by atoms with Gasteiger partial charge in [0.1, 0.15) is 16.7 Å². The Kier molecular flexibility index (Phi) is 7.04. The van der Waals surface area contributed by atoms with Crippen LogP contribution in [0.4, 0.5) is 11.4 Å². The number of H-pyrrole nitrogens is 1. The molecule has 36 heavy (non-hydrogen) atoms. The summed E-state index contributed by atoms with van der Waals surface area (Å²) in [5.41, 5.74) is 3.54. The van der Waals surface area contributed by atoms with Gasteiger partial charge in [-0.3, -0.25) is 14.5 Å². The summed E-state index contributed by atoms with van der Waals surface area (Å²) in [6.45, 7) is 0.457. The Hall–Kier alpha value is -4.04. The first-order valence-electron chi connectivity index (χ1n) is 11.7. The monoisotopic (exact) mass is 498 g/mol. The number of methoxy groups -OCH3 is 1. The highest BCUT2D eigenvalue weighted by molar-refractivity contribution is 8.15. The third-order valence-corrected chi connectivity index (χ3v) is 7.20. The Morgan fingerprint density at radius 2 is 1.81 bits per heavy atom. The van der Waals surface area contributed by atoms with Crippen LogP contribution in [0.25, 0.3) is 10.9 Å². The van der Waals surface area contributed by atoms with Crippen molar-refractivity contribution < 1.29 is 14.3 Å². The number of para-hydroxylation sites is 4. The molecule has 1 aliphatic rings. The molecule has 3 aromatic carbocycles. The zero-order valence-corrected chi connectivity index (χ0v) is 20.6. The van der Waals surface area contributed by atoms with Gasteiger partial charge in [-0.25, -0.2) is 4.99 Å². The van der Waals surface area contributed by atoms with Gasteiger partial charge in [-0.15, -0.1) is 0 Å². The smallest absolute Gasteiger partial charge is 0.242 e. The van der Waals surface area contributed by atoms with E-state index >= 15 is 0 Å². The van der Waals surface area contributed by atoms with E-state index in [2.05, 4.69) is 16.4 Å². The largest absolute Gasteiger partial charge is 0.494 e. The molecular weight excluding hydrogens is 472 g/mol. The molecule has 1 atom stereocenters. The molecule has 1 aliphatic heterocycles. The lowest BCUT2D eigenvalue weighted by molar-refractivity contribution is -0.128. The van der Waals surface area contributed by atoms with E-state index < -0.39 is 5.25 Å². The second kappa shape index (κ2) is 10.7. The number of hydrogen-bond donors (Lipinski definition) is 2. The standard InChI is InChI=1S/C28H26N4O3S/c1-35-24-14-8-7-13-23(24)31-28-32(16-15-19-18-29-22-12-6-5-11-21(19)22)27(34)25(36-28)17-26(33)30-20-9-3-2-4-10-20/h2-14,18,25,29H,15-17H2,1H3,(H,30,33)/t25-/m0/s1. The average Bonchev–Trinajstić information content (AvgIpc) is 3.44. The van der Waals surface area contributed by atoms with Crippen LogP contribution >= 0.6 is 11.8 Å². The molecule has 7 nitrogen and oxygen atoms in total. The summed E-state index contributed by atoms with van der Waals surface area (Å²) < 4.78 is 5.45. The second-order valence-corrected chi connectivity index (χ2v) is 9.56. The lowest BCUT2D eigenvalue weighted by Gasteiger charge is -2.16. The summed E-state index contributed by atoms with van der Waals surface area (Å²) in [6.07, 6.45) is 2.71. The van der Waals surface area contributed by atoms with Gasteiger partial charge in [0.25, 0.3) is 0 Å². The minimum Gasteiger partial charge on any atom is -0.494 e. The molecule has 0 saturated carbocycles. The van der Waals surface area contributed by atoms with Crippen molar-refractivity contribution >= 4 is 51.0 Å². The van der Waals surface area contributed by atoms with Gasteiger partial charge in [0, 0.05) is 35.8 Å². The van der Waals surface area contributed by atoms with E-state index in [0.717, 1.165) is 16.5 Å². The van der Waals surface area contributed by atoms with E-state index in [-0.39, 0.29) is 18.2 Å². The van der Waals surface area contributed by atoms with Crippen LogP contribution in [0, 0.1) is 0 Å². The van der Waals surface area contributed by atoms with Crippen LogP contribution in [0.1, 0.15) is 12.0 Å². The molecule has 1 aromatic heterocycles. The topological polar surface area (TPSA) is 86.8 Å². The Balaban J connectivity index is 1.38. The maximum absolute atomic E-state index is 13.5. The normalized spacial score (nSPS) is 16.6. The van der Waals surface area contributed by atoms with Crippen LogP contribution < -0.4 is 10.1 Å². The zero-order valence-electron chi connectivity index (χ0n) is 19.8. The van der Waals surface area contributed by atoms with Gasteiger partial charge >= 0.3 is 0 Å². The summed E-state index contributed by atoms with van der Waals surface area (Å²) in [5.74, 6) is 0.304. The highest BCUT2D eigenvalue weighted by atomic mass is 32.2. The van der Waals surface area contributed by atoms with Gasteiger partial charge in [0.15, 0.2) is 5.17 Å². The van der Waals surface area contributed by atoms with Crippen molar-refractivity contribution in [1.29, 1.82) is 0 Å². The van der Waals surface area contributed by atoms with E-state index in [4.69, 9.17) is 9.73 Å². The van der Waals surface area contributed by atoms with Gasteiger partial charge in [-0.1, -0.05) is 60.3 Å². The second-order valence-electron chi connectivity index (χ2n) is 8.39. The highest BCUT2D eigenvalue weighted by Crippen LogP contribution is 2.35. The van der Waals surface area contributed by atoms with Crippen LogP contribution in [0.2, 0.25) is 0 Å². The fourth-order valence-electron chi connectivity index (χ4n) is 4.23. The Morgan fingerprint density at radius 1 is 1.06 bits per heavy atom. The number of fused-ring (bicyclic) bond motifs is 1. The van der Waals surface area contributed by atoms with Crippen molar-refractivity contribution in [3.63, 3.8) is 0 Å². The number of carbonyl (C=O) groups excluding carboxylic acids is 2. The summed E-state index contributed by atoms with van der Waals surface area (Å²) in [7, 11) is 1.59. The molecule has 182 valence electrons. The number of hydrogen-bond acceptors (Lipinski definition) is 5. The van der Waals surface area contributed by atoms with Crippen molar-refractivity contribution in [2.45, 2.75) is 18.1 Å². The highest BCUT2D eigenvalue weighted by Gasteiger charge is 2.39. The number of nitrogens with zero attached hydrogens (tertiary/aromatic N) is 2. The SMILES string of the molecule is COc1ccccc1N=C1S[C@@H](CC(=O)Nc2ccccc2)C(=O)N1CCc1c[nH]c2ccccc12. The third kappa shape index (κ3) is 5.13. The fourth-order valence-corrected chi connectivity index (χ4v) is 5.41. The van der Waals surface area contributed by atoms with Crippen molar-refractivity contribution in [3.8, 4) is 5.75 Å². The molecule has 2 N–H and O–H groups in total. The Labute approximate surface area is 213 Å². The summed E-state index contributed by atoms with van der Waals surface area (Å²) in [4.78, 5) is 36.0. The molecule has 0 aliphatic carbocycles. The van der Waals surface area contributed by atoms with Gasteiger partial charge < -0.3 is 15.0 Å². The third-order valence-electron chi connectivity index (χ3n) is 6.03. The summed E-state index contributed by atoms with van der Waals surface area (Å²) in [5, 5.41) is 4.03. The molecule has 2 amide bonds. The number of rotatable bonds is 8. The minimum atomic E-state index is -0.551. The molecule has 0 radical (unpaired) electrons. The molecule has 1 fully saturated rings. The van der Waals surface area contributed by atoms with Crippen LogP contribution in [0.15, 0.2) is 90.1 Å². The molecule has 5 rings (SSSR count). The van der Waals surface area contributed by atoms with Crippen LogP contribution in [0.3, 0.4) is 0 Å². The minimum absolute atomic E-state index is 0.0624. The van der Waals surface area contributed by atoms with Gasteiger partial charge in [-0.05, 0) is 42.3 Å². The first-order valence-corrected chi connectivity index (χ1v) is 12.6. The van der Waals surface area contributed by atoms with E-state index in [1.54, 1.807) is 12.0 Å². The van der Waals surface area contributed by atoms with Gasteiger partial charge in [0.2, 0.25) is 11.8 Å². The Bertz CT molecular complexity index is 1420. The van der Waals surface area contributed by atoms with Gasteiger partial charge in [-0.2, -0.15) is 0 Å². The predicted molar refractivity (Wildman–Crippen MR) is 145 cm³/mol. The number of thioether (sulfide) groups is 1. The fraction of sp³-hybridized carbons (Fsp3) is 0.179.